The van der Waals surface area contributed by atoms with Crippen molar-refractivity contribution in [3.63, 3.8) is 0 Å². The molecule has 3 nitrogen and oxygen atoms in total. The van der Waals surface area contributed by atoms with Crippen molar-refractivity contribution < 1.29 is 0 Å². The molecule has 0 spiro atoms. The van der Waals surface area contributed by atoms with E-state index in [1.54, 1.807) is 7.05 Å². The van der Waals surface area contributed by atoms with Crippen LogP contribution < -0.4 is 10.6 Å². The van der Waals surface area contributed by atoms with E-state index in [2.05, 4.69) is 28.6 Å². The molecule has 0 aliphatic carbocycles. The second kappa shape index (κ2) is 7.96. The summed E-state index contributed by atoms with van der Waals surface area (Å²) in [5.41, 5.74) is 1.23. The summed E-state index contributed by atoms with van der Waals surface area (Å²) < 4.78 is 0. The van der Waals surface area contributed by atoms with E-state index in [9.17, 15) is 0 Å². The zero-order chi connectivity index (χ0) is 12.5. The Labute approximate surface area is 108 Å². The van der Waals surface area contributed by atoms with Crippen LogP contribution in [0.15, 0.2) is 29.3 Å². The van der Waals surface area contributed by atoms with Crippen molar-refractivity contribution in [1.29, 1.82) is 0 Å². The maximum absolute atomic E-state index is 5.93. The summed E-state index contributed by atoms with van der Waals surface area (Å²) in [7, 11) is 1.78. The maximum Gasteiger partial charge on any atom is 0.190 e. The molecule has 0 amide bonds. The van der Waals surface area contributed by atoms with Crippen LogP contribution in [0.5, 0.6) is 0 Å². The molecule has 0 atom stereocenters. The number of rotatable bonds is 5. The number of hydrogen-bond acceptors (Lipinski definition) is 1. The zero-order valence-electron chi connectivity index (χ0n) is 10.5. The highest BCUT2D eigenvalue weighted by Crippen LogP contribution is 2.10. The quantitative estimate of drug-likeness (QED) is 0.625. The fraction of sp³-hybridized carbons (Fsp3) is 0.462. The summed E-state index contributed by atoms with van der Waals surface area (Å²) in [6, 6.07) is 7.93. The molecule has 1 aromatic rings. The molecule has 0 heterocycles. The first-order chi connectivity index (χ1) is 8.26. The van der Waals surface area contributed by atoms with Gasteiger partial charge < -0.3 is 10.6 Å². The molecular formula is C13H20ClN3. The highest BCUT2D eigenvalue weighted by molar-refractivity contribution is 6.30. The molecular weight excluding hydrogens is 234 g/mol. The number of nitrogens with zero attached hydrogens (tertiary/aromatic N) is 1. The molecule has 0 radical (unpaired) electrons. The molecule has 0 aliphatic rings. The van der Waals surface area contributed by atoms with Gasteiger partial charge >= 0.3 is 0 Å². The van der Waals surface area contributed by atoms with Crippen molar-refractivity contribution in [1.82, 2.24) is 10.6 Å². The number of guanidine groups is 1. The first-order valence-electron chi connectivity index (χ1n) is 5.95. The minimum absolute atomic E-state index is 0.788. The van der Waals surface area contributed by atoms with Crippen LogP contribution in [0.3, 0.4) is 0 Å². The van der Waals surface area contributed by atoms with Crippen molar-refractivity contribution in [3.05, 3.63) is 34.9 Å². The SMILES string of the molecule is CCCNC(=NC)NCCc1cccc(Cl)c1. The highest BCUT2D eigenvalue weighted by Gasteiger charge is 1.97. The Hall–Kier alpha value is -1.22. The van der Waals surface area contributed by atoms with E-state index in [4.69, 9.17) is 11.6 Å². The first-order valence-corrected chi connectivity index (χ1v) is 6.33. The Morgan fingerprint density at radius 3 is 2.71 bits per heavy atom. The van der Waals surface area contributed by atoms with Crippen LogP contribution in [-0.2, 0) is 6.42 Å². The van der Waals surface area contributed by atoms with Crippen molar-refractivity contribution in [2.24, 2.45) is 4.99 Å². The van der Waals surface area contributed by atoms with Crippen LogP contribution in [0.25, 0.3) is 0 Å². The van der Waals surface area contributed by atoms with Gasteiger partial charge in [-0.15, -0.1) is 0 Å². The molecule has 17 heavy (non-hydrogen) atoms. The lowest BCUT2D eigenvalue weighted by atomic mass is 10.1. The Balaban J connectivity index is 2.31. The lowest BCUT2D eigenvalue weighted by molar-refractivity contribution is 0.773. The Morgan fingerprint density at radius 2 is 2.06 bits per heavy atom. The summed E-state index contributed by atoms with van der Waals surface area (Å²) in [6.07, 6.45) is 2.03. The average molecular weight is 254 g/mol. The standard InChI is InChI=1S/C13H20ClN3/c1-3-8-16-13(15-2)17-9-7-11-5-4-6-12(14)10-11/h4-6,10H,3,7-9H2,1-2H3,(H2,15,16,17). The van der Waals surface area contributed by atoms with Gasteiger partial charge in [-0.2, -0.15) is 0 Å². The van der Waals surface area contributed by atoms with E-state index in [0.29, 0.717) is 0 Å². The van der Waals surface area contributed by atoms with Crippen LogP contribution in [0.4, 0.5) is 0 Å². The van der Waals surface area contributed by atoms with Gasteiger partial charge in [0.1, 0.15) is 0 Å². The molecule has 0 aliphatic heterocycles. The molecule has 0 bridgehead atoms. The van der Waals surface area contributed by atoms with Gasteiger partial charge in [-0.25, -0.2) is 0 Å². The van der Waals surface area contributed by atoms with E-state index in [1.165, 1.54) is 5.56 Å². The maximum atomic E-state index is 5.93. The number of hydrogen-bond donors (Lipinski definition) is 2. The van der Waals surface area contributed by atoms with Gasteiger partial charge in [0, 0.05) is 25.2 Å². The topological polar surface area (TPSA) is 36.4 Å². The minimum Gasteiger partial charge on any atom is -0.356 e. The van der Waals surface area contributed by atoms with Crippen molar-refractivity contribution in [2.75, 3.05) is 20.1 Å². The molecule has 0 saturated carbocycles. The molecule has 0 saturated heterocycles. The van der Waals surface area contributed by atoms with Crippen LogP contribution in [0.2, 0.25) is 5.02 Å². The molecule has 0 unspecified atom stereocenters. The fourth-order valence-corrected chi connectivity index (χ4v) is 1.69. The monoisotopic (exact) mass is 253 g/mol. The van der Waals surface area contributed by atoms with E-state index < -0.39 is 0 Å². The Morgan fingerprint density at radius 1 is 1.29 bits per heavy atom. The van der Waals surface area contributed by atoms with Gasteiger partial charge in [0.05, 0.1) is 0 Å². The number of benzene rings is 1. The third kappa shape index (κ3) is 5.59. The van der Waals surface area contributed by atoms with Gasteiger partial charge in [0.2, 0.25) is 0 Å². The smallest absolute Gasteiger partial charge is 0.190 e. The first kappa shape index (κ1) is 13.8. The van der Waals surface area contributed by atoms with E-state index >= 15 is 0 Å². The molecule has 0 fully saturated rings. The molecule has 94 valence electrons. The lowest BCUT2D eigenvalue weighted by Gasteiger charge is -2.10. The summed E-state index contributed by atoms with van der Waals surface area (Å²) in [5, 5.41) is 7.29. The van der Waals surface area contributed by atoms with Gasteiger partial charge in [-0.05, 0) is 30.5 Å². The van der Waals surface area contributed by atoms with Gasteiger partial charge in [-0.1, -0.05) is 30.7 Å². The lowest BCUT2D eigenvalue weighted by Crippen LogP contribution is -2.38. The predicted octanol–water partition coefficient (Wildman–Crippen LogP) is 2.46. The fourth-order valence-electron chi connectivity index (χ4n) is 1.48. The van der Waals surface area contributed by atoms with Crippen molar-refractivity contribution >= 4 is 17.6 Å². The number of halogens is 1. The normalized spacial score (nSPS) is 11.4. The molecule has 0 aromatic heterocycles. The summed E-state index contributed by atoms with van der Waals surface area (Å²) in [4.78, 5) is 4.14. The summed E-state index contributed by atoms with van der Waals surface area (Å²) in [6.45, 7) is 3.92. The largest absolute Gasteiger partial charge is 0.356 e. The molecule has 2 N–H and O–H groups in total. The van der Waals surface area contributed by atoms with E-state index in [-0.39, 0.29) is 0 Å². The Kier molecular flexibility index (Phi) is 6.48. The zero-order valence-corrected chi connectivity index (χ0v) is 11.2. The number of aliphatic imine (C=N–C) groups is 1. The van der Waals surface area contributed by atoms with Crippen LogP contribution in [0.1, 0.15) is 18.9 Å². The third-order valence-electron chi connectivity index (χ3n) is 2.36. The highest BCUT2D eigenvalue weighted by atomic mass is 35.5. The van der Waals surface area contributed by atoms with Crippen LogP contribution in [0, 0.1) is 0 Å². The van der Waals surface area contributed by atoms with Gasteiger partial charge in [0.25, 0.3) is 0 Å². The van der Waals surface area contributed by atoms with E-state index in [1.807, 2.05) is 18.2 Å². The van der Waals surface area contributed by atoms with Gasteiger partial charge in [0.15, 0.2) is 5.96 Å². The average Bonchev–Trinajstić information content (AvgIpc) is 2.33. The van der Waals surface area contributed by atoms with Crippen molar-refractivity contribution in [2.45, 2.75) is 19.8 Å². The van der Waals surface area contributed by atoms with Gasteiger partial charge in [-0.3, -0.25) is 4.99 Å². The molecule has 4 heteroatoms. The Bertz CT molecular complexity index is 363. The van der Waals surface area contributed by atoms with Crippen molar-refractivity contribution in [3.8, 4) is 0 Å². The predicted molar refractivity (Wildman–Crippen MR) is 74.8 cm³/mol. The number of nitrogens with one attached hydrogen (secondary N) is 2. The third-order valence-corrected chi connectivity index (χ3v) is 2.60. The van der Waals surface area contributed by atoms with E-state index in [0.717, 1.165) is 36.9 Å². The molecule has 1 rings (SSSR count). The second-order valence-electron chi connectivity index (χ2n) is 3.81. The summed E-state index contributed by atoms with van der Waals surface area (Å²) >= 11 is 5.93. The van der Waals surface area contributed by atoms with Crippen LogP contribution >= 0.6 is 11.6 Å². The van der Waals surface area contributed by atoms with Crippen LogP contribution in [-0.4, -0.2) is 26.1 Å². The summed E-state index contributed by atoms with van der Waals surface area (Å²) in [5.74, 6) is 0.855. The minimum atomic E-state index is 0.788. The molecule has 1 aromatic carbocycles. The second-order valence-corrected chi connectivity index (χ2v) is 4.24.